The molecule has 23 heavy (non-hydrogen) atoms. The first-order valence-corrected chi connectivity index (χ1v) is 10.9. The van der Waals surface area contributed by atoms with Gasteiger partial charge in [0.15, 0.2) is 0 Å². The van der Waals surface area contributed by atoms with Gasteiger partial charge in [0.1, 0.15) is 9.10 Å². The van der Waals surface area contributed by atoms with E-state index in [4.69, 9.17) is 0 Å². The van der Waals surface area contributed by atoms with Crippen LogP contribution >= 0.6 is 11.3 Å². The zero-order chi connectivity index (χ0) is 16.8. The van der Waals surface area contributed by atoms with Crippen molar-refractivity contribution in [3.63, 3.8) is 0 Å². The Balaban J connectivity index is 2.15. The van der Waals surface area contributed by atoms with Crippen LogP contribution in [0.3, 0.4) is 0 Å². The average molecular weight is 375 g/mol. The Kier molecular flexibility index (Phi) is 4.11. The van der Waals surface area contributed by atoms with E-state index in [-0.39, 0.29) is 20.5 Å². The topological polar surface area (TPSA) is 89.3 Å². The Morgan fingerprint density at radius 2 is 1.74 bits per heavy atom. The number of sulfonamides is 1. The third-order valence-electron chi connectivity index (χ3n) is 3.82. The maximum absolute atomic E-state index is 12.8. The van der Waals surface area contributed by atoms with Gasteiger partial charge in [-0.2, -0.15) is 21.9 Å². The van der Waals surface area contributed by atoms with E-state index in [0.29, 0.717) is 13.1 Å². The third-order valence-corrected chi connectivity index (χ3v) is 9.01. The van der Waals surface area contributed by atoms with Gasteiger partial charge in [0.05, 0.1) is 11.4 Å². The van der Waals surface area contributed by atoms with E-state index in [1.165, 1.54) is 24.2 Å². The smallest absolute Gasteiger partial charge is 0.207 e. The lowest BCUT2D eigenvalue weighted by Gasteiger charge is -2.15. The fourth-order valence-corrected chi connectivity index (χ4v) is 7.11. The van der Waals surface area contributed by atoms with Crippen LogP contribution in [0.2, 0.25) is 0 Å². The van der Waals surface area contributed by atoms with Crippen LogP contribution in [0.5, 0.6) is 0 Å². The van der Waals surface area contributed by atoms with E-state index in [9.17, 15) is 16.8 Å². The average Bonchev–Trinajstić information content (AvgIpc) is 3.19. The highest BCUT2D eigenvalue weighted by atomic mass is 32.2. The Morgan fingerprint density at radius 1 is 1.09 bits per heavy atom. The Morgan fingerprint density at radius 3 is 2.30 bits per heavy atom. The lowest BCUT2D eigenvalue weighted by molar-refractivity contribution is 0.476. The summed E-state index contributed by atoms with van der Waals surface area (Å²) in [6.45, 7) is 3.93. The number of rotatable bonds is 4. The maximum atomic E-state index is 12.8. The quantitative estimate of drug-likeness (QED) is 0.809. The third kappa shape index (κ3) is 2.63. The van der Waals surface area contributed by atoms with E-state index in [1.54, 1.807) is 11.4 Å². The highest BCUT2D eigenvalue weighted by Gasteiger charge is 2.35. The summed E-state index contributed by atoms with van der Waals surface area (Å²) in [4.78, 5) is -0.000434. The largest absolute Gasteiger partial charge is 0.292 e. The molecule has 7 nitrogen and oxygen atoms in total. The zero-order valence-electron chi connectivity index (χ0n) is 12.8. The maximum Gasteiger partial charge on any atom is 0.292 e. The normalized spacial score (nSPS) is 17.0. The SMILES string of the molecule is Cc1nn(S(=O)(=O)c2cccs2)c(C)c1S(=O)(=O)N1CCCC1. The first-order chi connectivity index (χ1) is 10.8. The lowest BCUT2D eigenvalue weighted by Crippen LogP contribution is -2.28. The van der Waals surface area contributed by atoms with Crippen molar-refractivity contribution >= 4 is 31.4 Å². The Bertz CT molecular complexity index is 922. The molecule has 3 rings (SSSR count). The second kappa shape index (κ2) is 5.69. The van der Waals surface area contributed by atoms with E-state index in [0.717, 1.165) is 28.3 Å². The first-order valence-electron chi connectivity index (χ1n) is 7.11. The highest BCUT2D eigenvalue weighted by Crippen LogP contribution is 2.29. The van der Waals surface area contributed by atoms with Gasteiger partial charge in [0.25, 0.3) is 10.0 Å². The minimum Gasteiger partial charge on any atom is -0.207 e. The molecule has 2 aromatic rings. The van der Waals surface area contributed by atoms with Crippen LogP contribution in [0, 0.1) is 13.8 Å². The molecule has 1 saturated heterocycles. The van der Waals surface area contributed by atoms with Gasteiger partial charge >= 0.3 is 0 Å². The minimum absolute atomic E-state index is 0.000434. The molecule has 0 amide bonds. The zero-order valence-corrected chi connectivity index (χ0v) is 15.2. The van der Waals surface area contributed by atoms with Crippen LogP contribution in [-0.2, 0) is 20.0 Å². The predicted molar refractivity (Wildman–Crippen MR) is 86.6 cm³/mol. The molecule has 0 bridgehead atoms. The van der Waals surface area contributed by atoms with Crippen molar-refractivity contribution in [3.8, 4) is 0 Å². The molecule has 0 spiro atoms. The molecule has 0 atom stereocenters. The molecule has 3 heterocycles. The molecule has 10 heteroatoms. The molecule has 2 aromatic heterocycles. The number of nitrogens with zero attached hydrogens (tertiary/aromatic N) is 3. The molecule has 126 valence electrons. The van der Waals surface area contributed by atoms with Crippen molar-refractivity contribution in [2.45, 2.75) is 35.8 Å². The fourth-order valence-electron chi connectivity index (χ4n) is 2.77. The van der Waals surface area contributed by atoms with Gasteiger partial charge in [-0.3, -0.25) is 0 Å². The van der Waals surface area contributed by atoms with E-state index in [1.807, 2.05) is 0 Å². The van der Waals surface area contributed by atoms with Crippen LogP contribution in [0.1, 0.15) is 24.2 Å². The Labute approximate surface area is 139 Å². The van der Waals surface area contributed by atoms with Crippen molar-refractivity contribution in [2.24, 2.45) is 0 Å². The van der Waals surface area contributed by atoms with Crippen LogP contribution in [0.4, 0.5) is 0 Å². The summed E-state index contributed by atoms with van der Waals surface area (Å²) in [6.07, 6.45) is 1.64. The van der Waals surface area contributed by atoms with Gasteiger partial charge in [0, 0.05) is 13.1 Å². The van der Waals surface area contributed by atoms with Crippen molar-refractivity contribution in [1.29, 1.82) is 0 Å². The summed E-state index contributed by atoms with van der Waals surface area (Å²) >= 11 is 1.07. The molecule has 0 unspecified atom stereocenters. The van der Waals surface area contributed by atoms with Gasteiger partial charge < -0.3 is 0 Å². The molecule has 0 aliphatic carbocycles. The van der Waals surface area contributed by atoms with Crippen LogP contribution in [-0.4, -0.2) is 43.4 Å². The molecule has 0 radical (unpaired) electrons. The number of hydrogen-bond acceptors (Lipinski definition) is 6. The molecular weight excluding hydrogens is 358 g/mol. The van der Waals surface area contributed by atoms with Gasteiger partial charge in [-0.05, 0) is 38.1 Å². The minimum atomic E-state index is -3.87. The number of aryl methyl sites for hydroxylation is 1. The number of hydrogen-bond donors (Lipinski definition) is 0. The Hall–Kier alpha value is -1.23. The van der Waals surface area contributed by atoms with Crippen LogP contribution in [0.15, 0.2) is 26.6 Å². The number of thiophene rings is 1. The lowest BCUT2D eigenvalue weighted by atomic mass is 10.4. The van der Waals surface area contributed by atoms with Crippen molar-refractivity contribution in [3.05, 3.63) is 28.9 Å². The van der Waals surface area contributed by atoms with Gasteiger partial charge in [0.2, 0.25) is 10.0 Å². The summed E-state index contributed by atoms with van der Waals surface area (Å²) < 4.78 is 53.2. The van der Waals surface area contributed by atoms with Crippen LogP contribution in [0.25, 0.3) is 0 Å². The summed E-state index contributed by atoms with van der Waals surface area (Å²) in [6, 6.07) is 3.11. The summed E-state index contributed by atoms with van der Waals surface area (Å²) in [5.74, 6) is 0. The predicted octanol–water partition coefficient (Wildman–Crippen LogP) is 1.58. The van der Waals surface area contributed by atoms with Gasteiger partial charge in [-0.15, -0.1) is 11.3 Å². The molecule has 1 aliphatic rings. The second-order valence-electron chi connectivity index (χ2n) is 5.39. The standard InChI is InChI=1S/C13H17N3O4S3/c1-10-13(23(19,20)15-7-3-4-8-15)11(2)16(14-10)22(17,18)12-6-5-9-21-12/h5-6,9H,3-4,7-8H2,1-2H3. The van der Waals surface area contributed by atoms with E-state index < -0.39 is 20.0 Å². The van der Waals surface area contributed by atoms with Crippen molar-refractivity contribution in [1.82, 2.24) is 13.5 Å². The van der Waals surface area contributed by atoms with Gasteiger partial charge in [-0.1, -0.05) is 6.07 Å². The summed E-state index contributed by atoms with van der Waals surface area (Å²) in [7, 11) is -7.59. The van der Waals surface area contributed by atoms with E-state index in [2.05, 4.69) is 5.10 Å². The fraction of sp³-hybridized carbons (Fsp3) is 0.462. The van der Waals surface area contributed by atoms with Crippen molar-refractivity contribution < 1.29 is 16.8 Å². The van der Waals surface area contributed by atoms with E-state index >= 15 is 0 Å². The molecular formula is C13H17N3O4S3. The second-order valence-corrected chi connectivity index (χ2v) is 10.2. The molecule has 1 fully saturated rings. The summed E-state index contributed by atoms with van der Waals surface area (Å²) in [5.41, 5.74) is 0.331. The van der Waals surface area contributed by atoms with Crippen molar-refractivity contribution in [2.75, 3.05) is 13.1 Å². The first kappa shape index (κ1) is 16.6. The molecule has 0 saturated carbocycles. The summed E-state index contributed by atoms with van der Waals surface area (Å²) in [5, 5.41) is 5.66. The monoisotopic (exact) mass is 375 g/mol. The number of aromatic nitrogens is 2. The van der Waals surface area contributed by atoms with Crippen LogP contribution < -0.4 is 0 Å². The highest BCUT2D eigenvalue weighted by molar-refractivity contribution is 7.92. The van der Waals surface area contributed by atoms with Gasteiger partial charge in [-0.25, -0.2) is 8.42 Å². The molecule has 0 aromatic carbocycles. The molecule has 0 N–H and O–H groups in total. The molecule has 1 aliphatic heterocycles.